The van der Waals surface area contributed by atoms with E-state index in [1.165, 1.54) is 0 Å². The Labute approximate surface area is 149 Å². The average Bonchev–Trinajstić information content (AvgIpc) is 3.03. The van der Waals surface area contributed by atoms with Crippen molar-refractivity contribution < 1.29 is 8.42 Å². The minimum absolute atomic E-state index is 0.137. The van der Waals surface area contributed by atoms with Gasteiger partial charge in [0.05, 0.1) is 10.9 Å². The molecule has 2 heterocycles. The highest BCUT2D eigenvalue weighted by Gasteiger charge is 2.38. The number of hydrogen-bond donors (Lipinski definition) is 2. The van der Waals surface area contributed by atoms with Crippen molar-refractivity contribution in [1.29, 1.82) is 0 Å². The summed E-state index contributed by atoms with van der Waals surface area (Å²) < 4.78 is 24.1. The standard InChI is InChI=1S/C17H16BrN3O2S/c18-16-7-4-10(9-20-16)17-13-3-1-2-12(13)14-8-11(24(19,22)23)5-6-15(14)21-17/h1-2,4-9,12-13,17,21H,3H2,(H2,19,22,23)/t12-,13+,17+/m0/s1. The van der Waals surface area contributed by atoms with E-state index in [0.717, 1.165) is 27.8 Å². The van der Waals surface area contributed by atoms with E-state index in [2.05, 4.69) is 44.4 Å². The number of allylic oxidation sites excluding steroid dienone is 2. The van der Waals surface area contributed by atoms with Crippen molar-refractivity contribution in [3.8, 4) is 0 Å². The van der Waals surface area contributed by atoms with Crippen molar-refractivity contribution in [3.05, 3.63) is 64.4 Å². The molecule has 3 atom stereocenters. The predicted octanol–water partition coefficient (Wildman–Crippen LogP) is 3.32. The molecule has 0 fully saturated rings. The van der Waals surface area contributed by atoms with E-state index < -0.39 is 10.0 Å². The van der Waals surface area contributed by atoms with Crippen molar-refractivity contribution in [2.24, 2.45) is 11.1 Å². The molecule has 4 rings (SSSR count). The number of hydrogen-bond acceptors (Lipinski definition) is 4. The molecule has 3 N–H and O–H groups in total. The quantitative estimate of drug-likeness (QED) is 0.592. The third-order valence-corrected chi connectivity index (χ3v) is 6.15. The number of rotatable bonds is 2. The van der Waals surface area contributed by atoms with Gasteiger partial charge in [0.15, 0.2) is 0 Å². The van der Waals surface area contributed by atoms with Gasteiger partial charge in [0, 0.05) is 17.8 Å². The number of aromatic nitrogens is 1. The lowest BCUT2D eigenvalue weighted by Gasteiger charge is -2.37. The van der Waals surface area contributed by atoms with Crippen LogP contribution in [-0.4, -0.2) is 13.4 Å². The summed E-state index contributed by atoms with van der Waals surface area (Å²) in [6.07, 6.45) is 7.14. The summed E-state index contributed by atoms with van der Waals surface area (Å²) in [5.74, 6) is 0.507. The zero-order valence-electron chi connectivity index (χ0n) is 12.7. The molecule has 5 nitrogen and oxygen atoms in total. The van der Waals surface area contributed by atoms with Crippen molar-refractivity contribution in [2.75, 3.05) is 5.32 Å². The Morgan fingerprint density at radius 3 is 2.79 bits per heavy atom. The lowest BCUT2D eigenvalue weighted by atomic mass is 9.77. The lowest BCUT2D eigenvalue weighted by molar-refractivity contribution is 0.424. The average molecular weight is 406 g/mol. The fourth-order valence-electron chi connectivity index (χ4n) is 3.65. The molecule has 0 bridgehead atoms. The zero-order valence-corrected chi connectivity index (χ0v) is 15.1. The molecular formula is C17H16BrN3O2S. The minimum Gasteiger partial charge on any atom is -0.378 e. The van der Waals surface area contributed by atoms with E-state index in [4.69, 9.17) is 5.14 Å². The molecule has 0 saturated heterocycles. The van der Waals surface area contributed by atoms with Crippen molar-refractivity contribution in [2.45, 2.75) is 23.3 Å². The van der Waals surface area contributed by atoms with Gasteiger partial charge in [-0.2, -0.15) is 0 Å². The molecule has 1 aliphatic carbocycles. The number of fused-ring (bicyclic) bond motifs is 3. The van der Waals surface area contributed by atoms with Crippen LogP contribution < -0.4 is 10.5 Å². The molecule has 7 heteroatoms. The first-order valence-electron chi connectivity index (χ1n) is 7.65. The number of pyridine rings is 1. The second-order valence-corrected chi connectivity index (χ2v) is 8.56. The Hall–Kier alpha value is -1.70. The van der Waals surface area contributed by atoms with Crippen LogP contribution in [0.15, 0.2) is 58.2 Å². The summed E-state index contributed by atoms with van der Waals surface area (Å²) >= 11 is 3.37. The van der Waals surface area contributed by atoms with E-state index >= 15 is 0 Å². The summed E-state index contributed by atoms with van der Waals surface area (Å²) in [5, 5.41) is 8.83. The molecule has 0 spiro atoms. The summed E-state index contributed by atoms with van der Waals surface area (Å²) in [7, 11) is -3.70. The number of benzene rings is 1. The summed E-state index contributed by atoms with van der Waals surface area (Å²) in [6, 6.07) is 9.19. The molecule has 124 valence electrons. The van der Waals surface area contributed by atoms with Crippen LogP contribution in [0.2, 0.25) is 0 Å². The van der Waals surface area contributed by atoms with Crippen LogP contribution in [-0.2, 0) is 10.0 Å². The Morgan fingerprint density at radius 1 is 1.25 bits per heavy atom. The van der Waals surface area contributed by atoms with Gasteiger partial charge in [0.1, 0.15) is 4.60 Å². The van der Waals surface area contributed by atoms with Crippen molar-refractivity contribution >= 4 is 31.6 Å². The first kappa shape index (κ1) is 15.8. The highest BCUT2D eigenvalue weighted by atomic mass is 79.9. The van der Waals surface area contributed by atoms with E-state index in [9.17, 15) is 8.42 Å². The van der Waals surface area contributed by atoms with Crippen LogP contribution in [0.1, 0.15) is 29.5 Å². The van der Waals surface area contributed by atoms with Gasteiger partial charge in [0.25, 0.3) is 0 Å². The third kappa shape index (κ3) is 2.66. The van der Waals surface area contributed by atoms with Gasteiger partial charge < -0.3 is 5.32 Å². The van der Waals surface area contributed by atoms with Gasteiger partial charge in [-0.3, -0.25) is 0 Å². The van der Waals surface area contributed by atoms with Crippen LogP contribution in [0.25, 0.3) is 0 Å². The summed E-state index contributed by atoms with van der Waals surface area (Å²) in [4.78, 5) is 4.49. The Kier molecular flexibility index (Phi) is 3.74. The molecular weight excluding hydrogens is 390 g/mol. The summed E-state index contributed by atoms with van der Waals surface area (Å²) in [5.41, 5.74) is 3.06. The van der Waals surface area contributed by atoms with Crippen LogP contribution in [0.3, 0.4) is 0 Å². The van der Waals surface area contributed by atoms with Gasteiger partial charge in [0.2, 0.25) is 10.0 Å². The molecule has 0 saturated carbocycles. The molecule has 1 aromatic heterocycles. The maximum atomic E-state index is 11.7. The lowest BCUT2D eigenvalue weighted by Crippen LogP contribution is -2.29. The fourth-order valence-corrected chi connectivity index (χ4v) is 4.43. The molecule has 0 amide bonds. The number of anilines is 1. The Morgan fingerprint density at radius 2 is 2.08 bits per heavy atom. The Balaban J connectivity index is 1.79. The van der Waals surface area contributed by atoms with Crippen molar-refractivity contribution in [1.82, 2.24) is 4.98 Å². The van der Waals surface area contributed by atoms with Gasteiger partial charge >= 0.3 is 0 Å². The largest absolute Gasteiger partial charge is 0.378 e. The number of nitrogens with two attached hydrogens (primary N) is 1. The van der Waals surface area contributed by atoms with Gasteiger partial charge in [-0.25, -0.2) is 18.5 Å². The fraction of sp³-hybridized carbons (Fsp3) is 0.235. The number of nitrogens with one attached hydrogen (secondary N) is 1. The first-order valence-corrected chi connectivity index (χ1v) is 9.99. The Bertz CT molecular complexity index is 925. The van der Waals surface area contributed by atoms with E-state index in [0.29, 0.717) is 5.92 Å². The van der Waals surface area contributed by atoms with E-state index in [1.807, 2.05) is 12.3 Å². The molecule has 1 aromatic carbocycles. The number of nitrogens with zero attached hydrogens (tertiary/aromatic N) is 1. The van der Waals surface area contributed by atoms with E-state index in [-0.39, 0.29) is 16.9 Å². The number of halogens is 1. The van der Waals surface area contributed by atoms with Crippen LogP contribution >= 0.6 is 15.9 Å². The first-order chi connectivity index (χ1) is 11.4. The summed E-state index contributed by atoms with van der Waals surface area (Å²) in [6.45, 7) is 0. The molecule has 2 aliphatic rings. The van der Waals surface area contributed by atoms with Crippen LogP contribution in [0.5, 0.6) is 0 Å². The molecule has 2 aromatic rings. The molecule has 0 radical (unpaired) electrons. The number of sulfonamides is 1. The van der Waals surface area contributed by atoms with Gasteiger partial charge in [-0.05, 0) is 63.7 Å². The van der Waals surface area contributed by atoms with Crippen molar-refractivity contribution in [3.63, 3.8) is 0 Å². The third-order valence-electron chi connectivity index (χ3n) is 4.77. The second-order valence-electron chi connectivity index (χ2n) is 6.18. The molecule has 24 heavy (non-hydrogen) atoms. The topological polar surface area (TPSA) is 85.1 Å². The van der Waals surface area contributed by atoms with Gasteiger partial charge in [-0.1, -0.05) is 18.2 Å². The number of primary sulfonamides is 1. The minimum atomic E-state index is -3.70. The van der Waals surface area contributed by atoms with Gasteiger partial charge in [-0.15, -0.1) is 0 Å². The SMILES string of the molecule is NS(=O)(=O)c1ccc2c(c1)[C@H]1C=CC[C@H]1[C@@H](c1ccc(Br)nc1)N2. The highest BCUT2D eigenvalue weighted by molar-refractivity contribution is 9.10. The van der Waals surface area contributed by atoms with Crippen LogP contribution in [0.4, 0.5) is 5.69 Å². The molecule has 1 aliphatic heterocycles. The second kappa shape index (κ2) is 5.68. The highest BCUT2D eigenvalue weighted by Crippen LogP contribution is 2.50. The maximum Gasteiger partial charge on any atom is 0.238 e. The maximum absolute atomic E-state index is 11.7. The molecule has 0 unspecified atom stereocenters. The normalized spacial score (nSPS) is 25.0. The smallest absolute Gasteiger partial charge is 0.238 e. The van der Waals surface area contributed by atoms with E-state index in [1.54, 1.807) is 18.2 Å². The van der Waals surface area contributed by atoms with Crippen LogP contribution in [0, 0.1) is 5.92 Å². The zero-order chi connectivity index (χ0) is 16.9. The monoisotopic (exact) mass is 405 g/mol. The predicted molar refractivity (Wildman–Crippen MR) is 96.1 cm³/mol.